The van der Waals surface area contributed by atoms with Gasteiger partial charge in [0.15, 0.2) is 0 Å². The number of benzene rings is 6. The second-order valence-electron chi connectivity index (χ2n) is 13.0. The Labute approximate surface area is 292 Å². The molecule has 6 aromatic carbocycles. The van der Waals surface area contributed by atoms with Gasteiger partial charge in [0.05, 0.1) is 33.5 Å². The van der Waals surface area contributed by atoms with Crippen molar-refractivity contribution >= 4 is 65.6 Å². The molecule has 11 rings (SSSR count). The first-order valence-corrected chi connectivity index (χ1v) is 17.2. The summed E-state index contributed by atoms with van der Waals surface area (Å²) in [4.78, 5) is 10.5. The number of fused-ring (bicyclic) bond motifs is 9. The number of furan rings is 1. The Kier molecular flexibility index (Phi) is 5.89. The van der Waals surface area contributed by atoms with Crippen molar-refractivity contribution in [3.05, 3.63) is 170 Å². The minimum Gasteiger partial charge on any atom is -0.455 e. The van der Waals surface area contributed by atoms with E-state index in [1.54, 1.807) is 0 Å². The monoisotopic (exact) mass is 652 g/mol. The Bertz CT molecular complexity index is 3150. The van der Waals surface area contributed by atoms with Crippen molar-refractivity contribution in [2.75, 3.05) is 0 Å². The lowest BCUT2D eigenvalue weighted by molar-refractivity contribution is 0.670. The standard InChI is InChI=1S/C46H28N4O/c1-2-13-29(14-3-1)37-20-11-25-44(47-37)49-39-22-7-4-15-30(39)35-28-42-36(27-41(35)49)31-16-5-8-23-40(31)50(42)45-26-12-21-38(48-45)34-19-10-18-33-32-17-6-9-24-43(32)51-46(33)34/h1-28H. The summed E-state index contributed by atoms with van der Waals surface area (Å²) < 4.78 is 11.0. The molecule has 0 saturated heterocycles. The van der Waals surface area contributed by atoms with E-state index in [4.69, 9.17) is 14.4 Å². The molecule has 0 amide bonds. The summed E-state index contributed by atoms with van der Waals surface area (Å²) in [5.74, 6) is 1.74. The van der Waals surface area contributed by atoms with Crippen molar-refractivity contribution in [1.82, 2.24) is 19.1 Å². The van der Waals surface area contributed by atoms with Gasteiger partial charge in [0.2, 0.25) is 0 Å². The minimum absolute atomic E-state index is 0.852. The largest absolute Gasteiger partial charge is 0.455 e. The summed E-state index contributed by atoms with van der Waals surface area (Å²) >= 11 is 0. The smallest absolute Gasteiger partial charge is 0.144 e. The van der Waals surface area contributed by atoms with Crippen LogP contribution in [0.3, 0.4) is 0 Å². The maximum Gasteiger partial charge on any atom is 0.144 e. The molecule has 0 spiro atoms. The number of pyridine rings is 2. The fraction of sp³-hybridized carbons (Fsp3) is 0. The highest BCUT2D eigenvalue weighted by Gasteiger charge is 2.20. The van der Waals surface area contributed by atoms with E-state index >= 15 is 0 Å². The molecule has 5 heterocycles. The maximum atomic E-state index is 6.42. The van der Waals surface area contributed by atoms with E-state index in [-0.39, 0.29) is 0 Å². The van der Waals surface area contributed by atoms with Crippen LogP contribution in [0.1, 0.15) is 0 Å². The molecule has 11 aromatic rings. The molecule has 51 heavy (non-hydrogen) atoms. The van der Waals surface area contributed by atoms with E-state index in [2.05, 4.69) is 161 Å². The number of rotatable bonds is 4. The molecule has 0 fully saturated rings. The van der Waals surface area contributed by atoms with E-state index < -0.39 is 0 Å². The Balaban J connectivity index is 1.16. The summed E-state index contributed by atoms with van der Waals surface area (Å²) in [5.41, 5.74) is 10.0. The van der Waals surface area contributed by atoms with Crippen molar-refractivity contribution in [2.45, 2.75) is 0 Å². The van der Waals surface area contributed by atoms with Gasteiger partial charge in [-0.1, -0.05) is 109 Å². The highest BCUT2D eigenvalue weighted by atomic mass is 16.3. The highest BCUT2D eigenvalue weighted by Crippen LogP contribution is 2.40. The minimum atomic E-state index is 0.852. The van der Waals surface area contributed by atoms with Gasteiger partial charge in [0, 0.05) is 43.4 Å². The summed E-state index contributed by atoms with van der Waals surface area (Å²) in [6.45, 7) is 0. The molecule has 0 atom stereocenters. The lowest BCUT2D eigenvalue weighted by atomic mass is 10.1. The van der Waals surface area contributed by atoms with E-state index in [1.807, 2.05) is 18.2 Å². The van der Waals surface area contributed by atoms with Gasteiger partial charge in [-0.3, -0.25) is 9.13 Å². The van der Waals surface area contributed by atoms with Crippen LogP contribution in [0, 0.1) is 0 Å². The quantitative estimate of drug-likeness (QED) is 0.190. The van der Waals surface area contributed by atoms with Gasteiger partial charge in [0.25, 0.3) is 0 Å². The zero-order valence-electron chi connectivity index (χ0n) is 27.4. The second-order valence-corrected chi connectivity index (χ2v) is 13.0. The average Bonchev–Trinajstić information content (AvgIpc) is 3.85. The van der Waals surface area contributed by atoms with Crippen LogP contribution in [0.2, 0.25) is 0 Å². The topological polar surface area (TPSA) is 48.8 Å². The summed E-state index contributed by atoms with van der Waals surface area (Å²) in [7, 11) is 0. The second kappa shape index (κ2) is 10.8. The molecule has 238 valence electrons. The first-order valence-electron chi connectivity index (χ1n) is 17.2. The van der Waals surface area contributed by atoms with Crippen molar-refractivity contribution < 1.29 is 4.42 Å². The lowest BCUT2D eigenvalue weighted by Gasteiger charge is -2.10. The Morgan fingerprint density at radius 2 is 0.902 bits per heavy atom. The predicted octanol–water partition coefficient (Wildman–Crippen LogP) is 11.9. The SMILES string of the molecule is c1ccc(-c2cccc(-n3c4ccccc4c4cc5c(cc43)c3ccccc3n5-c3cccc(-c4cccc5c4oc4ccccc45)n3)n2)cc1. The van der Waals surface area contributed by atoms with Gasteiger partial charge >= 0.3 is 0 Å². The number of hydrogen-bond acceptors (Lipinski definition) is 3. The fourth-order valence-corrected chi connectivity index (χ4v) is 7.89. The van der Waals surface area contributed by atoms with Gasteiger partial charge < -0.3 is 4.42 Å². The van der Waals surface area contributed by atoms with Crippen LogP contribution in [0.15, 0.2) is 174 Å². The zero-order chi connectivity index (χ0) is 33.5. The Morgan fingerprint density at radius 3 is 1.59 bits per heavy atom. The van der Waals surface area contributed by atoms with E-state index in [0.29, 0.717) is 0 Å². The molecular weight excluding hydrogens is 625 g/mol. The number of nitrogens with zero attached hydrogens (tertiary/aromatic N) is 4. The lowest BCUT2D eigenvalue weighted by Crippen LogP contribution is -1.99. The van der Waals surface area contributed by atoms with Crippen LogP contribution < -0.4 is 0 Å². The molecule has 5 aromatic heterocycles. The van der Waals surface area contributed by atoms with Crippen molar-refractivity contribution in [3.8, 4) is 34.2 Å². The Morgan fingerprint density at radius 1 is 0.373 bits per heavy atom. The number of para-hydroxylation sites is 4. The third kappa shape index (κ3) is 4.15. The third-order valence-electron chi connectivity index (χ3n) is 10.1. The van der Waals surface area contributed by atoms with E-state index in [1.165, 1.54) is 10.8 Å². The summed E-state index contributed by atoms with van der Waals surface area (Å²) in [6.07, 6.45) is 0. The molecular formula is C46H28N4O. The van der Waals surface area contributed by atoms with E-state index in [9.17, 15) is 0 Å². The molecule has 0 aliphatic carbocycles. The van der Waals surface area contributed by atoms with Gasteiger partial charge in [0.1, 0.15) is 22.8 Å². The van der Waals surface area contributed by atoms with Crippen LogP contribution in [0.4, 0.5) is 0 Å². The number of aromatic nitrogens is 4. The number of hydrogen-bond donors (Lipinski definition) is 0. The first kappa shape index (κ1) is 27.9. The van der Waals surface area contributed by atoms with Gasteiger partial charge in [-0.25, -0.2) is 9.97 Å². The van der Waals surface area contributed by atoms with Crippen LogP contribution in [-0.2, 0) is 0 Å². The van der Waals surface area contributed by atoms with Gasteiger partial charge in [-0.05, 0) is 60.7 Å². The Hall–Kier alpha value is -6.98. The normalized spacial score (nSPS) is 11.9. The van der Waals surface area contributed by atoms with Crippen molar-refractivity contribution in [3.63, 3.8) is 0 Å². The third-order valence-corrected chi connectivity index (χ3v) is 10.1. The molecule has 5 heteroatoms. The predicted molar refractivity (Wildman–Crippen MR) is 209 cm³/mol. The molecule has 0 aliphatic rings. The molecule has 0 saturated carbocycles. The van der Waals surface area contributed by atoms with Crippen LogP contribution in [0.25, 0.3) is 99.7 Å². The highest BCUT2D eigenvalue weighted by molar-refractivity contribution is 6.19. The van der Waals surface area contributed by atoms with Crippen LogP contribution in [-0.4, -0.2) is 19.1 Å². The molecule has 0 radical (unpaired) electrons. The molecule has 0 aliphatic heterocycles. The molecule has 0 bridgehead atoms. The van der Waals surface area contributed by atoms with Gasteiger partial charge in [-0.15, -0.1) is 0 Å². The van der Waals surface area contributed by atoms with Crippen molar-refractivity contribution in [2.24, 2.45) is 0 Å². The van der Waals surface area contributed by atoms with E-state index in [0.717, 1.165) is 88.9 Å². The van der Waals surface area contributed by atoms with Crippen LogP contribution in [0.5, 0.6) is 0 Å². The van der Waals surface area contributed by atoms with Crippen LogP contribution >= 0.6 is 0 Å². The first-order chi connectivity index (χ1) is 25.3. The average molecular weight is 653 g/mol. The maximum absolute atomic E-state index is 6.42. The molecule has 0 N–H and O–H groups in total. The summed E-state index contributed by atoms with van der Waals surface area (Å²) in [5, 5.41) is 6.87. The molecule has 5 nitrogen and oxygen atoms in total. The molecule has 0 unspecified atom stereocenters. The van der Waals surface area contributed by atoms with Gasteiger partial charge in [-0.2, -0.15) is 0 Å². The zero-order valence-corrected chi connectivity index (χ0v) is 27.4. The van der Waals surface area contributed by atoms with Crippen molar-refractivity contribution in [1.29, 1.82) is 0 Å². The fourth-order valence-electron chi connectivity index (χ4n) is 7.89. The summed E-state index contributed by atoms with van der Waals surface area (Å²) in [6, 6.07) is 59.3.